The summed E-state index contributed by atoms with van der Waals surface area (Å²) in [5.41, 5.74) is 2.98. The molecule has 0 aliphatic carbocycles. The first kappa shape index (κ1) is 18.1. The van der Waals surface area contributed by atoms with E-state index in [4.69, 9.17) is 5.10 Å². The molecule has 8 heteroatoms. The highest BCUT2D eigenvalue weighted by Crippen LogP contribution is 2.30. The van der Waals surface area contributed by atoms with Crippen LogP contribution in [0.15, 0.2) is 42.7 Å². The van der Waals surface area contributed by atoms with Gasteiger partial charge < -0.3 is 10.2 Å². The van der Waals surface area contributed by atoms with Crippen LogP contribution in [-0.2, 0) is 11.3 Å². The van der Waals surface area contributed by atoms with E-state index in [1.807, 2.05) is 23.1 Å². The van der Waals surface area contributed by atoms with Gasteiger partial charge in [-0.1, -0.05) is 18.2 Å². The normalized spacial score (nSPS) is 16.5. The van der Waals surface area contributed by atoms with Crippen molar-refractivity contribution < 1.29 is 9.59 Å². The fourth-order valence-electron chi connectivity index (χ4n) is 3.59. The largest absolute Gasteiger partial charge is 0.350 e. The summed E-state index contributed by atoms with van der Waals surface area (Å²) >= 11 is 0. The molecule has 1 N–H and O–H groups in total. The molecular formula is C20H22N6O2. The lowest BCUT2D eigenvalue weighted by Crippen LogP contribution is -2.27. The number of benzene rings is 1. The van der Waals surface area contributed by atoms with E-state index < -0.39 is 0 Å². The number of rotatable bonds is 5. The molecule has 2 aromatic heterocycles. The summed E-state index contributed by atoms with van der Waals surface area (Å²) in [5.74, 6) is 0.125. The Balaban J connectivity index is 1.49. The van der Waals surface area contributed by atoms with Gasteiger partial charge in [0.15, 0.2) is 5.65 Å². The van der Waals surface area contributed by atoms with Gasteiger partial charge in [0.05, 0.1) is 12.2 Å². The molecule has 1 atom stereocenters. The molecule has 3 aromatic rings. The second-order valence-corrected chi connectivity index (χ2v) is 6.91. The van der Waals surface area contributed by atoms with Gasteiger partial charge in [-0.15, -0.1) is 0 Å². The Hall–Kier alpha value is -3.29. The number of fused-ring (bicyclic) bond motifs is 1. The molecule has 0 saturated carbocycles. The molecule has 3 heterocycles. The Kier molecular flexibility index (Phi) is 5.01. The van der Waals surface area contributed by atoms with E-state index in [-0.39, 0.29) is 17.7 Å². The highest BCUT2D eigenvalue weighted by Gasteiger charge is 2.30. The third-order valence-corrected chi connectivity index (χ3v) is 5.06. The average Bonchev–Trinajstić information content (AvgIpc) is 3.34. The molecule has 28 heavy (non-hydrogen) atoms. The number of nitrogens with one attached hydrogen (secondary N) is 1. The summed E-state index contributed by atoms with van der Waals surface area (Å²) in [6.07, 6.45) is 4.17. The second-order valence-electron chi connectivity index (χ2n) is 6.91. The van der Waals surface area contributed by atoms with E-state index in [1.165, 1.54) is 0 Å². The predicted molar refractivity (Wildman–Crippen MR) is 104 cm³/mol. The van der Waals surface area contributed by atoms with Gasteiger partial charge in [0.1, 0.15) is 5.52 Å². The maximum atomic E-state index is 12.2. The monoisotopic (exact) mass is 378 g/mol. The van der Waals surface area contributed by atoms with Crippen LogP contribution in [0.2, 0.25) is 0 Å². The summed E-state index contributed by atoms with van der Waals surface area (Å²) < 4.78 is 1.79. The molecule has 1 aliphatic heterocycles. The van der Waals surface area contributed by atoms with E-state index in [1.54, 1.807) is 36.1 Å². The molecule has 1 aliphatic rings. The number of likely N-dealkylation sites (tertiary alicyclic amines) is 1. The van der Waals surface area contributed by atoms with Gasteiger partial charge in [0, 0.05) is 50.4 Å². The van der Waals surface area contributed by atoms with Crippen LogP contribution in [0.1, 0.15) is 35.3 Å². The summed E-state index contributed by atoms with van der Waals surface area (Å²) in [6, 6.07) is 9.11. The van der Waals surface area contributed by atoms with Crippen LogP contribution < -0.4 is 5.32 Å². The quantitative estimate of drug-likeness (QED) is 0.728. The maximum absolute atomic E-state index is 12.2. The summed E-state index contributed by atoms with van der Waals surface area (Å²) in [4.78, 5) is 34.6. The lowest BCUT2D eigenvalue weighted by molar-refractivity contribution is -0.127. The molecule has 1 saturated heterocycles. The molecule has 8 nitrogen and oxygen atoms in total. The molecule has 1 aromatic carbocycles. The molecule has 144 valence electrons. The number of aromatic nitrogens is 4. The fraction of sp³-hybridized carbons (Fsp3) is 0.350. The van der Waals surface area contributed by atoms with Gasteiger partial charge in [0.25, 0.3) is 5.91 Å². The Morgan fingerprint density at radius 3 is 2.71 bits per heavy atom. The second kappa shape index (κ2) is 7.75. The van der Waals surface area contributed by atoms with Crippen molar-refractivity contribution in [3.8, 4) is 0 Å². The minimum absolute atomic E-state index is 0.0842. The Labute approximate surface area is 162 Å². The lowest BCUT2D eigenvalue weighted by atomic mass is 10.0. The fourth-order valence-corrected chi connectivity index (χ4v) is 3.59. The summed E-state index contributed by atoms with van der Waals surface area (Å²) in [7, 11) is 0. The van der Waals surface area contributed by atoms with Crippen LogP contribution in [-0.4, -0.2) is 56.1 Å². The number of nitrogens with zero attached hydrogens (tertiary/aromatic N) is 5. The van der Waals surface area contributed by atoms with Crippen molar-refractivity contribution in [3.05, 3.63) is 54.0 Å². The molecule has 0 radical (unpaired) electrons. The van der Waals surface area contributed by atoms with Crippen molar-refractivity contribution in [1.82, 2.24) is 30.0 Å². The van der Waals surface area contributed by atoms with Gasteiger partial charge in [-0.2, -0.15) is 5.10 Å². The van der Waals surface area contributed by atoms with Crippen molar-refractivity contribution in [2.24, 2.45) is 0 Å². The average molecular weight is 378 g/mol. The van der Waals surface area contributed by atoms with Crippen molar-refractivity contribution in [2.75, 3.05) is 19.6 Å². The molecule has 1 fully saturated rings. The zero-order chi connectivity index (χ0) is 19.5. The van der Waals surface area contributed by atoms with Crippen LogP contribution >= 0.6 is 0 Å². The molecule has 0 bridgehead atoms. The lowest BCUT2D eigenvalue weighted by Gasteiger charge is -2.12. The first-order valence-corrected chi connectivity index (χ1v) is 9.39. The van der Waals surface area contributed by atoms with Crippen molar-refractivity contribution in [2.45, 2.75) is 25.8 Å². The smallest absolute Gasteiger partial charge is 0.251 e. The summed E-state index contributed by atoms with van der Waals surface area (Å²) in [5, 5.41) is 7.65. The van der Waals surface area contributed by atoms with Crippen molar-refractivity contribution in [3.63, 3.8) is 0 Å². The standard InChI is InChI=1S/C20H22N6O2/c1-14(27)25-11-7-16(13-25)17-18-19(22-9-8-21-18)26(24-17)12-10-23-20(28)15-5-3-2-4-6-15/h2-6,8-9,16H,7,10-13H2,1H3,(H,23,28)/t16-/m0/s1. The van der Waals surface area contributed by atoms with E-state index in [9.17, 15) is 9.59 Å². The van der Waals surface area contributed by atoms with Crippen LogP contribution in [0.3, 0.4) is 0 Å². The van der Waals surface area contributed by atoms with Crippen LogP contribution in [0.4, 0.5) is 0 Å². The number of amides is 2. The predicted octanol–water partition coefficient (Wildman–Crippen LogP) is 1.59. The van der Waals surface area contributed by atoms with Gasteiger partial charge in [0.2, 0.25) is 5.91 Å². The van der Waals surface area contributed by atoms with E-state index in [0.717, 1.165) is 24.2 Å². The van der Waals surface area contributed by atoms with Gasteiger partial charge in [-0.05, 0) is 18.6 Å². The Bertz CT molecular complexity index is 1000. The zero-order valence-electron chi connectivity index (χ0n) is 15.7. The zero-order valence-corrected chi connectivity index (χ0v) is 15.7. The molecule has 4 rings (SSSR count). The van der Waals surface area contributed by atoms with Crippen molar-refractivity contribution >= 4 is 23.0 Å². The number of hydrogen-bond donors (Lipinski definition) is 1. The van der Waals surface area contributed by atoms with Crippen LogP contribution in [0.5, 0.6) is 0 Å². The van der Waals surface area contributed by atoms with E-state index >= 15 is 0 Å². The maximum Gasteiger partial charge on any atom is 0.251 e. The van der Waals surface area contributed by atoms with Crippen LogP contribution in [0, 0.1) is 0 Å². The third-order valence-electron chi connectivity index (χ3n) is 5.06. The van der Waals surface area contributed by atoms with Crippen molar-refractivity contribution in [1.29, 1.82) is 0 Å². The van der Waals surface area contributed by atoms with Gasteiger partial charge in [-0.3, -0.25) is 9.59 Å². The Morgan fingerprint density at radius 1 is 1.18 bits per heavy atom. The van der Waals surface area contributed by atoms with Gasteiger partial charge >= 0.3 is 0 Å². The number of hydrogen-bond acceptors (Lipinski definition) is 5. The molecular weight excluding hydrogens is 356 g/mol. The first-order valence-electron chi connectivity index (χ1n) is 9.39. The number of carbonyl (C=O) groups excluding carboxylic acids is 2. The first-order chi connectivity index (χ1) is 13.6. The molecule has 0 spiro atoms. The minimum Gasteiger partial charge on any atom is -0.350 e. The highest BCUT2D eigenvalue weighted by atomic mass is 16.2. The van der Waals surface area contributed by atoms with Crippen LogP contribution in [0.25, 0.3) is 11.2 Å². The topological polar surface area (TPSA) is 93.0 Å². The van der Waals surface area contributed by atoms with E-state index in [0.29, 0.717) is 30.8 Å². The molecule has 2 amide bonds. The molecule has 0 unspecified atom stereocenters. The SMILES string of the molecule is CC(=O)N1CC[C@H](c2nn(CCNC(=O)c3ccccc3)c3nccnc23)C1. The summed E-state index contributed by atoms with van der Waals surface area (Å²) in [6.45, 7) is 3.92. The number of carbonyl (C=O) groups is 2. The minimum atomic E-state index is -0.115. The highest BCUT2D eigenvalue weighted by molar-refractivity contribution is 5.94. The third kappa shape index (κ3) is 3.58. The Morgan fingerprint density at radius 2 is 1.96 bits per heavy atom. The van der Waals surface area contributed by atoms with E-state index in [2.05, 4.69) is 15.3 Å². The van der Waals surface area contributed by atoms with Gasteiger partial charge in [-0.25, -0.2) is 14.6 Å².